The van der Waals surface area contributed by atoms with Gasteiger partial charge in [-0.15, -0.1) is 0 Å². The fourth-order valence-corrected chi connectivity index (χ4v) is 2.20. The average Bonchev–Trinajstić information content (AvgIpc) is 3.13. The van der Waals surface area contributed by atoms with Crippen molar-refractivity contribution in [3.63, 3.8) is 0 Å². The zero-order valence-corrected chi connectivity index (χ0v) is 10.6. The van der Waals surface area contributed by atoms with Crippen LogP contribution in [0.1, 0.15) is 25.7 Å². The van der Waals surface area contributed by atoms with Crippen LogP contribution in [0.5, 0.6) is 0 Å². The molecule has 1 saturated carbocycles. The molecule has 0 radical (unpaired) electrons. The Hall–Kier alpha value is -1.10. The number of rotatable bonds is 4. The zero-order chi connectivity index (χ0) is 12.4. The summed E-state index contributed by atoms with van der Waals surface area (Å²) in [6.45, 7) is 1.10. The summed E-state index contributed by atoms with van der Waals surface area (Å²) in [6.07, 6.45) is 3.70. The van der Waals surface area contributed by atoms with E-state index in [9.17, 15) is 9.59 Å². The second-order valence-electron chi connectivity index (χ2n) is 5.13. The summed E-state index contributed by atoms with van der Waals surface area (Å²) >= 11 is 0. The van der Waals surface area contributed by atoms with Gasteiger partial charge in [0.2, 0.25) is 11.8 Å². The molecule has 17 heavy (non-hydrogen) atoms. The van der Waals surface area contributed by atoms with Gasteiger partial charge in [0.25, 0.3) is 0 Å². The summed E-state index contributed by atoms with van der Waals surface area (Å²) < 4.78 is 0. The summed E-state index contributed by atoms with van der Waals surface area (Å²) in [7, 11) is 3.69. The maximum absolute atomic E-state index is 11.8. The van der Waals surface area contributed by atoms with Crippen molar-refractivity contribution in [1.29, 1.82) is 0 Å². The van der Waals surface area contributed by atoms with Crippen LogP contribution < -0.4 is 5.32 Å². The number of nitrogens with zero attached hydrogens (tertiary/aromatic N) is 2. The fraction of sp³-hybridized carbons (Fsp3) is 0.833. The third-order valence-electron chi connectivity index (χ3n) is 3.66. The monoisotopic (exact) mass is 239 g/mol. The lowest BCUT2D eigenvalue weighted by Gasteiger charge is -2.30. The molecule has 0 aromatic heterocycles. The second kappa shape index (κ2) is 5.04. The molecule has 0 bridgehead atoms. The van der Waals surface area contributed by atoms with Gasteiger partial charge in [-0.25, -0.2) is 0 Å². The molecule has 1 atom stereocenters. The maximum atomic E-state index is 11.8. The number of amides is 2. The molecule has 2 rings (SSSR count). The van der Waals surface area contributed by atoms with Crippen LogP contribution in [0.4, 0.5) is 0 Å². The molecule has 0 aromatic carbocycles. The standard InChI is InChI=1S/C12H21N3O2/c1-14-8-9(3-6-11(14)16)13-7-12(17)15(2)10-4-5-10/h9-10,13H,3-8H2,1-2H3. The Morgan fingerprint density at radius 1 is 1.47 bits per heavy atom. The van der Waals surface area contributed by atoms with E-state index in [2.05, 4.69) is 5.32 Å². The largest absolute Gasteiger partial charge is 0.344 e. The molecule has 1 aliphatic heterocycles. The van der Waals surface area contributed by atoms with Crippen molar-refractivity contribution in [3.8, 4) is 0 Å². The lowest BCUT2D eigenvalue weighted by Crippen LogP contribution is -2.49. The first-order valence-corrected chi connectivity index (χ1v) is 6.31. The van der Waals surface area contributed by atoms with Gasteiger partial charge in [0.05, 0.1) is 6.54 Å². The Kier molecular flexibility index (Phi) is 3.66. The molecule has 1 heterocycles. The number of nitrogens with one attached hydrogen (secondary N) is 1. The third kappa shape index (κ3) is 3.19. The minimum absolute atomic E-state index is 0.159. The van der Waals surface area contributed by atoms with Crippen molar-refractivity contribution in [2.45, 2.75) is 37.8 Å². The van der Waals surface area contributed by atoms with Gasteiger partial charge < -0.3 is 15.1 Å². The molecule has 1 unspecified atom stereocenters. The normalized spacial score (nSPS) is 24.9. The summed E-state index contributed by atoms with van der Waals surface area (Å²) in [5, 5.41) is 3.25. The van der Waals surface area contributed by atoms with E-state index < -0.39 is 0 Å². The van der Waals surface area contributed by atoms with E-state index in [0.29, 0.717) is 25.6 Å². The zero-order valence-electron chi connectivity index (χ0n) is 10.6. The smallest absolute Gasteiger partial charge is 0.236 e. The van der Waals surface area contributed by atoms with E-state index >= 15 is 0 Å². The lowest BCUT2D eigenvalue weighted by molar-refractivity contribution is -0.132. The van der Waals surface area contributed by atoms with Crippen LogP contribution in [-0.2, 0) is 9.59 Å². The van der Waals surface area contributed by atoms with Gasteiger partial charge in [0, 0.05) is 39.1 Å². The van der Waals surface area contributed by atoms with Crippen molar-refractivity contribution in [1.82, 2.24) is 15.1 Å². The van der Waals surface area contributed by atoms with Crippen molar-refractivity contribution < 1.29 is 9.59 Å². The molecule has 0 spiro atoms. The van der Waals surface area contributed by atoms with E-state index in [-0.39, 0.29) is 17.9 Å². The van der Waals surface area contributed by atoms with Gasteiger partial charge in [-0.2, -0.15) is 0 Å². The SMILES string of the molecule is CN1CC(NCC(=O)N(C)C2CC2)CCC1=O. The van der Waals surface area contributed by atoms with E-state index in [1.54, 1.807) is 4.90 Å². The minimum Gasteiger partial charge on any atom is -0.344 e. The predicted molar refractivity (Wildman–Crippen MR) is 64.5 cm³/mol. The quantitative estimate of drug-likeness (QED) is 0.740. The van der Waals surface area contributed by atoms with E-state index in [4.69, 9.17) is 0 Å². The van der Waals surface area contributed by atoms with Crippen LogP contribution in [0.2, 0.25) is 0 Å². The first-order valence-electron chi connectivity index (χ1n) is 6.31. The Bertz CT molecular complexity index is 315. The molecule has 1 aliphatic carbocycles. The fourth-order valence-electron chi connectivity index (χ4n) is 2.20. The highest BCUT2D eigenvalue weighted by molar-refractivity contribution is 5.79. The highest BCUT2D eigenvalue weighted by Crippen LogP contribution is 2.25. The first-order chi connectivity index (χ1) is 8.08. The number of carbonyl (C=O) groups is 2. The molecular formula is C12H21N3O2. The third-order valence-corrected chi connectivity index (χ3v) is 3.66. The van der Waals surface area contributed by atoms with Crippen LogP contribution in [-0.4, -0.2) is 60.9 Å². The molecule has 1 saturated heterocycles. The van der Waals surface area contributed by atoms with Crippen molar-refractivity contribution in [2.75, 3.05) is 27.2 Å². The molecule has 2 fully saturated rings. The van der Waals surface area contributed by atoms with Gasteiger partial charge >= 0.3 is 0 Å². The van der Waals surface area contributed by atoms with Gasteiger partial charge in [0.1, 0.15) is 0 Å². The van der Waals surface area contributed by atoms with Gasteiger partial charge in [-0.05, 0) is 19.3 Å². The number of hydrogen-bond donors (Lipinski definition) is 1. The molecule has 96 valence electrons. The van der Waals surface area contributed by atoms with Crippen LogP contribution in [0.25, 0.3) is 0 Å². The van der Waals surface area contributed by atoms with Crippen molar-refractivity contribution in [2.24, 2.45) is 0 Å². The number of carbonyl (C=O) groups excluding carboxylic acids is 2. The number of likely N-dealkylation sites (tertiary alicyclic amines) is 1. The summed E-state index contributed by atoms with van der Waals surface area (Å²) in [4.78, 5) is 26.7. The highest BCUT2D eigenvalue weighted by atomic mass is 16.2. The molecule has 0 aromatic rings. The summed E-state index contributed by atoms with van der Waals surface area (Å²) in [5.41, 5.74) is 0. The molecular weight excluding hydrogens is 218 g/mol. The molecule has 5 heteroatoms. The second-order valence-corrected chi connectivity index (χ2v) is 5.13. The van der Waals surface area contributed by atoms with E-state index in [1.165, 1.54) is 0 Å². The van der Waals surface area contributed by atoms with Crippen LogP contribution >= 0.6 is 0 Å². The molecule has 2 amide bonds. The molecule has 1 N–H and O–H groups in total. The lowest BCUT2D eigenvalue weighted by atomic mass is 10.1. The average molecular weight is 239 g/mol. The van der Waals surface area contributed by atoms with Gasteiger partial charge in [0.15, 0.2) is 0 Å². The summed E-state index contributed by atoms with van der Waals surface area (Å²) in [6, 6.07) is 0.731. The highest BCUT2D eigenvalue weighted by Gasteiger charge is 2.30. The number of hydrogen-bond acceptors (Lipinski definition) is 3. The van der Waals surface area contributed by atoms with E-state index in [1.807, 2.05) is 19.0 Å². The minimum atomic E-state index is 0.159. The van der Waals surface area contributed by atoms with Crippen molar-refractivity contribution in [3.05, 3.63) is 0 Å². The van der Waals surface area contributed by atoms with Crippen LogP contribution in [0.3, 0.4) is 0 Å². The van der Waals surface area contributed by atoms with Crippen LogP contribution in [0, 0.1) is 0 Å². The molecule has 5 nitrogen and oxygen atoms in total. The topological polar surface area (TPSA) is 52.7 Å². The van der Waals surface area contributed by atoms with Gasteiger partial charge in [-0.3, -0.25) is 9.59 Å². The summed E-state index contributed by atoms with van der Waals surface area (Å²) in [5.74, 6) is 0.358. The Labute approximate surface area is 102 Å². The predicted octanol–water partition coefficient (Wildman–Crippen LogP) is -0.182. The molecule has 2 aliphatic rings. The Morgan fingerprint density at radius 2 is 2.18 bits per heavy atom. The number of piperidine rings is 1. The maximum Gasteiger partial charge on any atom is 0.236 e. The Morgan fingerprint density at radius 3 is 2.76 bits per heavy atom. The van der Waals surface area contributed by atoms with Crippen LogP contribution in [0.15, 0.2) is 0 Å². The Balaban J connectivity index is 1.70. The van der Waals surface area contributed by atoms with E-state index in [0.717, 1.165) is 19.3 Å². The number of likely N-dealkylation sites (N-methyl/N-ethyl adjacent to an activating group) is 2. The first kappa shape index (κ1) is 12.4. The van der Waals surface area contributed by atoms with Crippen molar-refractivity contribution >= 4 is 11.8 Å². The van der Waals surface area contributed by atoms with Gasteiger partial charge in [-0.1, -0.05) is 0 Å².